The van der Waals surface area contributed by atoms with Crippen LogP contribution < -0.4 is 5.32 Å². The van der Waals surface area contributed by atoms with Crippen molar-refractivity contribution in [2.75, 3.05) is 0 Å². The van der Waals surface area contributed by atoms with Crippen molar-refractivity contribution in [2.45, 2.75) is 83.7 Å². The maximum absolute atomic E-state index is 3.83. The van der Waals surface area contributed by atoms with Gasteiger partial charge in [0.15, 0.2) is 0 Å². The fourth-order valence-electron chi connectivity index (χ4n) is 2.82. The normalized spacial score (nSPS) is 31.7. The van der Waals surface area contributed by atoms with Crippen molar-refractivity contribution < 1.29 is 0 Å². The van der Waals surface area contributed by atoms with E-state index >= 15 is 0 Å². The third-order valence-corrected chi connectivity index (χ3v) is 3.50. The van der Waals surface area contributed by atoms with Gasteiger partial charge in [-0.3, -0.25) is 0 Å². The van der Waals surface area contributed by atoms with E-state index in [0.717, 1.165) is 0 Å². The Hall–Kier alpha value is -0.0400. The Morgan fingerprint density at radius 1 is 1.07 bits per heavy atom. The number of hydrogen-bond donors (Lipinski definition) is 1. The summed E-state index contributed by atoms with van der Waals surface area (Å²) in [7, 11) is 0. The first-order valence-electron chi connectivity index (χ1n) is 6.27. The summed E-state index contributed by atoms with van der Waals surface area (Å²) in [4.78, 5) is 0. The molecule has 1 saturated heterocycles. The zero-order chi connectivity index (χ0) is 10.7. The zero-order valence-electron chi connectivity index (χ0n) is 10.4. The molecule has 0 radical (unpaired) electrons. The summed E-state index contributed by atoms with van der Waals surface area (Å²) in [5.74, 6) is 0. The van der Waals surface area contributed by atoms with Crippen LogP contribution in [0.2, 0.25) is 0 Å². The fraction of sp³-hybridized carbons (Fsp3) is 1.00. The molecule has 1 unspecified atom stereocenters. The topological polar surface area (TPSA) is 12.0 Å². The van der Waals surface area contributed by atoms with Crippen molar-refractivity contribution in [3.05, 3.63) is 0 Å². The van der Waals surface area contributed by atoms with Gasteiger partial charge >= 0.3 is 0 Å². The van der Waals surface area contributed by atoms with Gasteiger partial charge in [0.05, 0.1) is 0 Å². The zero-order valence-corrected chi connectivity index (χ0v) is 10.4. The van der Waals surface area contributed by atoms with E-state index in [4.69, 9.17) is 0 Å². The first-order valence-corrected chi connectivity index (χ1v) is 6.27. The summed E-state index contributed by atoms with van der Waals surface area (Å²) < 4.78 is 0. The predicted molar refractivity (Wildman–Crippen MR) is 63.6 cm³/mol. The highest BCUT2D eigenvalue weighted by atomic mass is 15.0. The Morgan fingerprint density at radius 3 is 2.36 bits per heavy atom. The summed E-state index contributed by atoms with van der Waals surface area (Å²) in [6.45, 7) is 9.36. The first-order chi connectivity index (χ1) is 6.47. The SMILES string of the molecule is CCCCCC1(C)CCCC(C)(C)N1. The summed E-state index contributed by atoms with van der Waals surface area (Å²) >= 11 is 0. The molecule has 1 aliphatic rings. The molecule has 84 valence electrons. The van der Waals surface area contributed by atoms with Crippen LogP contribution in [-0.4, -0.2) is 11.1 Å². The van der Waals surface area contributed by atoms with Gasteiger partial charge in [-0.15, -0.1) is 0 Å². The third-order valence-electron chi connectivity index (χ3n) is 3.50. The van der Waals surface area contributed by atoms with E-state index in [2.05, 4.69) is 33.0 Å². The van der Waals surface area contributed by atoms with Crippen LogP contribution in [0.5, 0.6) is 0 Å². The molecular weight excluding hydrogens is 170 g/mol. The number of rotatable bonds is 4. The Morgan fingerprint density at radius 2 is 1.79 bits per heavy atom. The van der Waals surface area contributed by atoms with Crippen molar-refractivity contribution in [2.24, 2.45) is 0 Å². The standard InChI is InChI=1S/C13H27N/c1-5-6-7-10-13(4)11-8-9-12(2,3)14-13/h14H,5-11H2,1-4H3. The van der Waals surface area contributed by atoms with Crippen LogP contribution in [-0.2, 0) is 0 Å². The Labute approximate surface area is 89.7 Å². The fourth-order valence-corrected chi connectivity index (χ4v) is 2.82. The molecule has 0 aromatic rings. The summed E-state index contributed by atoms with van der Waals surface area (Å²) in [6, 6.07) is 0. The van der Waals surface area contributed by atoms with Crippen LogP contribution in [0.3, 0.4) is 0 Å². The van der Waals surface area contributed by atoms with Crippen molar-refractivity contribution in [1.29, 1.82) is 0 Å². The molecule has 0 saturated carbocycles. The van der Waals surface area contributed by atoms with Gasteiger partial charge in [-0.1, -0.05) is 26.2 Å². The van der Waals surface area contributed by atoms with Crippen LogP contribution in [0.4, 0.5) is 0 Å². The first kappa shape index (κ1) is 12.0. The number of piperidine rings is 1. The van der Waals surface area contributed by atoms with Gasteiger partial charge in [-0.05, 0) is 46.5 Å². The van der Waals surface area contributed by atoms with Gasteiger partial charge in [-0.25, -0.2) is 0 Å². The molecule has 1 atom stereocenters. The van der Waals surface area contributed by atoms with Crippen LogP contribution in [0.15, 0.2) is 0 Å². The van der Waals surface area contributed by atoms with Gasteiger partial charge in [0, 0.05) is 11.1 Å². The lowest BCUT2D eigenvalue weighted by atomic mass is 9.79. The molecular formula is C13H27N. The summed E-state index contributed by atoms with van der Waals surface area (Å²) in [6.07, 6.45) is 9.54. The molecule has 1 heterocycles. The smallest absolute Gasteiger partial charge is 0.0158 e. The predicted octanol–water partition coefficient (Wildman–Crippen LogP) is 3.88. The molecule has 1 rings (SSSR count). The monoisotopic (exact) mass is 197 g/mol. The molecule has 1 N–H and O–H groups in total. The van der Waals surface area contributed by atoms with Crippen molar-refractivity contribution in [3.63, 3.8) is 0 Å². The average Bonchev–Trinajstić information content (AvgIpc) is 2.01. The minimum Gasteiger partial charge on any atom is -0.307 e. The molecule has 1 nitrogen and oxygen atoms in total. The Kier molecular flexibility index (Phi) is 4.00. The van der Waals surface area contributed by atoms with Crippen molar-refractivity contribution in [1.82, 2.24) is 5.32 Å². The maximum Gasteiger partial charge on any atom is 0.0158 e. The number of unbranched alkanes of at least 4 members (excludes halogenated alkanes) is 2. The van der Waals surface area contributed by atoms with Crippen molar-refractivity contribution >= 4 is 0 Å². The molecule has 0 spiro atoms. The molecule has 0 aromatic heterocycles. The molecule has 0 aliphatic carbocycles. The average molecular weight is 197 g/mol. The molecule has 14 heavy (non-hydrogen) atoms. The minimum atomic E-state index is 0.360. The lowest BCUT2D eigenvalue weighted by Crippen LogP contribution is -2.56. The summed E-state index contributed by atoms with van der Waals surface area (Å²) in [5.41, 5.74) is 0.774. The highest BCUT2D eigenvalue weighted by Gasteiger charge is 2.34. The molecule has 1 heteroatoms. The van der Waals surface area contributed by atoms with Crippen LogP contribution in [0, 0.1) is 0 Å². The third kappa shape index (κ3) is 3.61. The second kappa shape index (κ2) is 4.65. The molecule has 0 bridgehead atoms. The van der Waals surface area contributed by atoms with Gasteiger partial charge in [0.1, 0.15) is 0 Å². The highest BCUT2D eigenvalue weighted by molar-refractivity contribution is 4.95. The van der Waals surface area contributed by atoms with Crippen LogP contribution in [0.25, 0.3) is 0 Å². The van der Waals surface area contributed by atoms with Crippen LogP contribution >= 0.6 is 0 Å². The van der Waals surface area contributed by atoms with E-state index in [0.29, 0.717) is 11.1 Å². The lowest BCUT2D eigenvalue weighted by molar-refractivity contribution is 0.155. The molecule has 0 aromatic carbocycles. The number of hydrogen-bond acceptors (Lipinski definition) is 1. The van der Waals surface area contributed by atoms with E-state index in [1.54, 1.807) is 0 Å². The quantitative estimate of drug-likeness (QED) is 0.674. The Bertz CT molecular complexity index is 174. The minimum absolute atomic E-state index is 0.360. The van der Waals surface area contributed by atoms with E-state index in [9.17, 15) is 0 Å². The van der Waals surface area contributed by atoms with Crippen molar-refractivity contribution in [3.8, 4) is 0 Å². The van der Waals surface area contributed by atoms with E-state index in [-0.39, 0.29) is 0 Å². The largest absolute Gasteiger partial charge is 0.307 e. The van der Waals surface area contributed by atoms with Gasteiger partial charge in [0.25, 0.3) is 0 Å². The number of nitrogens with one attached hydrogen (secondary N) is 1. The highest BCUT2D eigenvalue weighted by Crippen LogP contribution is 2.31. The van der Waals surface area contributed by atoms with E-state index in [1.165, 1.54) is 44.9 Å². The second-order valence-corrected chi connectivity index (χ2v) is 5.88. The second-order valence-electron chi connectivity index (χ2n) is 5.88. The molecule has 1 fully saturated rings. The van der Waals surface area contributed by atoms with Crippen LogP contribution in [0.1, 0.15) is 72.6 Å². The van der Waals surface area contributed by atoms with Gasteiger partial charge in [0.2, 0.25) is 0 Å². The van der Waals surface area contributed by atoms with E-state index in [1.807, 2.05) is 0 Å². The molecule has 1 aliphatic heterocycles. The maximum atomic E-state index is 3.83. The Balaban J connectivity index is 2.39. The van der Waals surface area contributed by atoms with E-state index < -0.39 is 0 Å². The van der Waals surface area contributed by atoms with Gasteiger partial charge < -0.3 is 5.32 Å². The summed E-state index contributed by atoms with van der Waals surface area (Å²) in [5, 5.41) is 3.83. The molecule has 0 amide bonds. The lowest BCUT2D eigenvalue weighted by Gasteiger charge is -2.45. The van der Waals surface area contributed by atoms with Gasteiger partial charge in [-0.2, -0.15) is 0 Å².